The highest BCUT2D eigenvalue weighted by Crippen LogP contribution is 2.25. The van der Waals surface area contributed by atoms with E-state index in [4.69, 9.17) is 16.3 Å². The molecule has 0 heterocycles. The van der Waals surface area contributed by atoms with E-state index in [2.05, 4.69) is 0 Å². The molecule has 0 aliphatic rings. The van der Waals surface area contributed by atoms with Crippen molar-refractivity contribution in [2.75, 3.05) is 19.9 Å². The van der Waals surface area contributed by atoms with Gasteiger partial charge in [-0.25, -0.2) is 0 Å². The first kappa shape index (κ1) is 20.3. The fourth-order valence-corrected chi connectivity index (χ4v) is 3.23. The maximum atomic E-state index is 13.2. The second-order valence-corrected chi connectivity index (χ2v) is 7.23. The van der Waals surface area contributed by atoms with Crippen molar-refractivity contribution in [1.29, 1.82) is 0 Å². The van der Waals surface area contributed by atoms with E-state index in [0.29, 0.717) is 17.1 Å². The summed E-state index contributed by atoms with van der Waals surface area (Å²) in [6, 6.07) is 15.0. The molecule has 0 aliphatic heterocycles. The van der Waals surface area contributed by atoms with E-state index >= 15 is 0 Å². The summed E-state index contributed by atoms with van der Waals surface area (Å²) in [5.74, 6) is -0.986. The lowest BCUT2D eigenvalue weighted by molar-refractivity contribution is -0.145. The predicted octanol–water partition coefficient (Wildman–Crippen LogP) is 4.51. The van der Waals surface area contributed by atoms with Gasteiger partial charge in [0.25, 0.3) is 5.91 Å². The van der Waals surface area contributed by atoms with Gasteiger partial charge < -0.3 is 9.64 Å². The fraction of sp³-hybridized carbons (Fsp3) is 0.300. The number of hydrogen-bond acceptors (Lipinski definition) is 4. The van der Waals surface area contributed by atoms with Gasteiger partial charge in [0.15, 0.2) is 0 Å². The summed E-state index contributed by atoms with van der Waals surface area (Å²) in [4.78, 5) is 27.6. The zero-order chi connectivity index (χ0) is 19.1. The molecular formula is C20H22ClNO3S. The number of halogens is 1. The Morgan fingerprint density at radius 2 is 1.88 bits per heavy atom. The van der Waals surface area contributed by atoms with Crippen LogP contribution in [0.25, 0.3) is 0 Å². The van der Waals surface area contributed by atoms with Gasteiger partial charge in [-0.15, -0.1) is 11.8 Å². The third-order valence-electron chi connectivity index (χ3n) is 4.01. The average molecular weight is 392 g/mol. The van der Waals surface area contributed by atoms with E-state index in [-0.39, 0.29) is 18.4 Å². The van der Waals surface area contributed by atoms with Crippen LogP contribution >= 0.6 is 23.4 Å². The lowest BCUT2D eigenvalue weighted by Gasteiger charge is -2.26. The second-order valence-electron chi connectivity index (χ2n) is 5.94. The molecule has 0 N–H and O–H groups in total. The lowest BCUT2D eigenvalue weighted by atomic mass is 10.1. The van der Waals surface area contributed by atoms with Crippen LogP contribution in [0, 0.1) is 5.92 Å². The summed E-state index contributed by atoms with van der Waals surface area (Å²) in [5, 5.41) is 0.400. The quantitative estimate of drug-likeness (QED) is 0.514. The van der Waals surface area contributed by atoms with Crippen molar-refractivity contribution in [3.63, 3.8) is 0 Å². The maximum absolute atomic E-state index is 13.2. The number of benzene rings is 2. The zero-order valence-electron chi connectivity index (χ0n) is 15.1. The number of thioether (sulfide) groups is 1. The Morgan fingerprint density at radius 1 is 1.19 bits per heavy atom. The second kappa shape index (κ2) is 9.64. The van der Waals surface area contributed by atoms with Crippen LogP contribution in [0.3, 0.4) is 0 Å². The summed E-state index contributed by atoms with van der Waals surface area (Å²) in [6.45, 7) is 2.39. The molecule has 0 saturated carbocycles. The summed E-state index contributed by atoms with van der Waals surface area (Å²) >= 11 is 7.82. The summed E-state index contributed by atoms with van der Waals surface area (Å²) in [6.07, 6.45) is 1.94. The summed E-state index contributed by atoms with van der Waals surface area (Å²) in [7, 11) is 1.35. The van der Waals surface area contributed by atoms with Crippen molar-refractivity contribution >= 4 is 35.2 Å². The first-order valence-corrected chi connectivity index (χ1v) is 9.81. The number of esters is 1. The molecule has 1 atom stereocenters. The Kier molecular flexibility index (Phi) is 7.54. The standard InChI is InChI=1S/C20H22ClNO3S/c1-14(20(24)25-2)12-22(13-15-7-5-4-6-8-15)19(23)17-11-16(26-3)9-10-18(17)21/h4-11,14H,12-13H2,1-3H3. The molecule has 0 spiro atoms. The third-order valence-corrected chi connectivity index (χ3v) is 5.06. The van der Waals surface area contributed by atoms with Gasteiger partial charge in [-0.3, -0.25) is 9.59 Å². The van der Waals surface area contributed by atoms with Crippen molar-refractivity contribution in [2.45, 2.75) is 18.4 Å². The molecule has 2 aromatic carbocycles. The third kappa shape index (κ3) is 5.26. The summed E-state index contributed by atoms with van der Waals surface area (Å²) < 4.78 is 4.80. The van der Waals surface area contributed by atoms with Crippen LogP contribution in [-0.4, -0.2) is 36.7 Å². The van der Waals surface area contributed by atoms with Crippen LogP contribution in [0.1, 0.15) is 22.8 Å². The summed E-state index contributed by atoms with van der Waals surface area (Å²) in [5.41, 5.74) is 1.42. The highest BCUT2D eigenvalue weighted by Gasteiger charge is 2.24. The molecule has 2 aromatic rings. The van der Waals surface area contributed by atoms with Gasteiger partial charge in [0.05, 0.1) is 23.6 Å². The number of nitrogens with zero attached hydrogens (tertiary/aromatic N) is 1. The predicted molar refractivity (Wildman–Crippen MR) is 106 cm³/mol. The van der Waals surface area contributed by atoms with E-state index in [1.165, 1.54) is 7.11 Å². The number of carbonyl (C=O) groups excluding carboxylic acids is 2. The zero-order valence-corrected chi connectivity index (χ0v) is 16.6. The van der Waals surface area contributed by atoms with E-state index < -0.39 is 5.92 Å². The molecule has 0 bridgehead atoms. The van der Waals surface area contributed by atoms with Gasteiger partial charge in [-0.2, -0.15) is 0 Å². The van der Waals surface area contributed by atoms with Crippen LogP contribution in [0.15, 0.2) is 53.4 Å². The van der Waals surface area contributed by atoms with Gasteiger partial charge >= 0.3 is 5.97 Å². The monoisotopic (exact) mass is 391 g/mol. The molecular weight excluding hydrogens is 370 g/mol. The first-order chi connectivity index (χ1) is 12.5. The molecule has 1 unspecified atom stereocenters. The van der Waals surface area contributed by atoms with E-state index in [1.54, 1.807) is 35.7 Å². The van der Waals surface area contributed by atoms with Gasteiger partial charge in [0.1, 0.15) is 0 Å². The number of hydrogen-bond donors (Lipinski definition) is 0. The highest BCUT2D eigenvalue weighted by molar-refractivity contribution is 7.98. The van der Waals surface area contributed by atoms with Crippen molar-refractivity contribution in [3.05, 3.63) is 64.7 Å². The Morgan fingerprint density at radius 3 is 2.50 bits per heavy atom. The molecule has 0 aromatic heterocycles. The lowest BCUT2D eigenvalue weighted by Crippen LogP contribution is -2.37. The molecule has 4 nitrogen and oxygen atoms in total. The van der Waals surface area contributed by atoms with Crippen molar-refractivity contribution in [1.82, 2.24) is 4.90 Å². The highest BCUT2D eigenvalue weighted by atomic mass is 35.5. The number of carbonyl (C=O) groups is 2. The minimum atomic E-state index is -0.435. The molecule has 0 fully saturated rings. The van der Waals surface area contributed by atoms with E-state index in [0.717, 1.165) is 10.5 Å². The minimum absolute atomic E-state index is 0.203. The number of rotatable bonds is 7. The van der Waals surface area contributed by atoms with Gasteiger partial charge in [-0.05, 0) is 30.0 Å². The van der Waals surface area contributed by atoms with Crippen molar-refractivity contribution < 1.29 is 14.3 Å². The van der Waals surface area contributed by atoms with E-state index in [9.17, 15) is 9.59 Å². The molecule has 0 aliphatic carbocycles. The molecule has 0 radical (unpaired) electrons. The van der Waals surface area contributed by atoms with Gasteiger partial charge in [0.2, 0.25) is 0 Å². The van der Waals surface area contributed by atoms with Crippen molar-refractivity contribution in [2.24, 2.45) is 5.92 Å². The average Bonchev–Trinajstić information content (AvgIpc) is 2.67. The van der Waals surface area contributed by atoms with Gasteiger partial charge in [-0.1, -0.05) is 48.9 Å². The van der Waals surface area contributed by atoms with Crippen LogP contribution in [0.4, 0.5) is 0 Å². The SMILES string of the molecule is COC(=O)C(C)CN(Cc1ccccc1)C(=O)c1cc(SC)ccc1Cl. The molecule has 138 valence electrons. The molecule has 6 heteroatoms. The van der Waals surface area contributed by atoms with E-state index in [1.807, 2.05) is 42.7 Å². The molecule has 0 saturated heterocycles. The fourth-order valence-electron chi connectivity index (χ4n) is 2.59. The van der Waals surface area contributed by atoms with Crippen molar-refractivity contribution in [3.8, 4) is 0 Å². The molecule has 26 heavy (non-hydrogen) atoms. The van der Waals surface area contributed by atoms with Crippen LogP contribution in [-0.2, 0) is 16.1 Å². The molecule has 2 rings (SSSR count). The minimum Gasteiger partial charge on any atom is -0.469 e. The topological polar surface area (TPSA) is 46.6 Å². The van der Waals surface area contributed by atoms with Crippen LogP contribution < -0.4 is 0 Å². The Balaban J connectivity index is 2.32. The largest absolute Gasteiger partial charge is 0.469 e. The molecule has 1 amide bonds. The Bertz CT molecular complexity index is 767. The first-order valence-electron chi connectivity index (χ1n) is 8.20. The Labute approximate surface area is 163 Å². The van der Waals surface area contributed by atoms with Gasteiger partial charge in [0, 0.05) is 18.0 Å². The number of amides is 1. The van der Waals surface area contributed by atoms with Crippen LogP contribution in [0.5, 0.6) is 0 Å². The number of methoxy groups -OCH3 is 1. The van der Waals surface area contributed by atoms with Crippen LogP contribution in [0.2, 0.25) is 5.02 Å². The Hall–Kier alpha value is -1.98. The normalized spacial score (nSPS) is 11.7. The maximum Gasteiger partial charge on any atom is 0.310 e. The number of ether oxygens (including phenoxy) is 1. The smallest absolute Gasteiger partial charge is 0.310 e.